The van der Waals surface area contributed by atoms with Crippen LogP contribution in [-0.2, 0) is 4.74 Å². The van der Waals surface area contributed by atoms with E-state index in [9.17, 15) is 0 Å². The number of anilines is 1. The maximum Gasteiger partial charge on any atom is 0.0637 e. The first-order valence-corrected chi connectivity index (χ1v) is 8.62. The van der Waals surface area contributed by atoms with E-state index in [1.54, 1.807) is 7.11 Å². The Hall–Kier alpha value is -0.580. The van der Waals surface area contributed by atoms with Gasteiger partial charge >= 0.3 is 0 Å². The van der Waals surface area contributed by atoms with Gasteiger partial charge in [0.05, 0.1) is 6.61 Å². The Bertz CT molecular complexity index is 425. The highest BCUT2D eigenvalue weighted by Gasteiger charge is 2.19. The van der Waals surface area contributed by atoms with Crippen molar-refractivity contribution in [3.63, 3.8) is 0 Å². The number of hydrogen-bond acceptors (Lipinski definition) is 3. The van der Waals surface area contributed by atoms with Crippen LogP contribution in [0.3, 0.4) is 0 Å². The van der Waals surface area contributed by atoms with Crippen LogP contribution >= 0.6 is 15.9 Å². The van der Waals surface area contributed by atoms with Crippen molar-refractivity contribution < 1.29 is 4.74 Å². The van der Waals surface area contributed by atoms with Gasteiger partial charge in [-0.2, -0.15) is 0 Å². The molecule has 0 heterocycles. The van der Waals surface area contributed by atoms with Crippen molar-refractivity contribution in [3.05, 3.63) is 28.2 Å². The molecule has 120 valence electrons. The minimum atomic E-state index is 0.330. The molecule has 0 bridgehead atoms. The predicted octanol–water partition coefficient (Wildman–Crippen LogP) is 4.37. The second kappa shape index (κ2) is 9.44. The maximum atomic E-state index is 5.29. The van der Waals surface area contributed by atoms with Crippen LogP contribution in [0, 0.1) is 0 Å². The summed E-state index contributed by atoms with van der Waals surface area (Å²) in [6.45, 7) is 11.5. The third-order valence-electron chi connectivity index (χ3n) is 3.94. The molecular formula is C17H29BrN2O. The number of benzene rings is 1. The first kappa shape index (κ1) is 18.5. The average Bonchev–Trinajstić information content (AvgIpc) is 2.48. The molecule has 0 spiro atoms. The monoisotopic (exact) mass is 356 g/mol. The molecule has 0 saturated heterocycles. The van der Waals surface area contributed by atoms with Crippen LogP contribution in [0.2, 0.25) is 0 Å². The molecule has 0 aliphatic carbocycles. The molecule has 1 aromatic rings. The molecule has 3 nitrogen and oxygen atoms in total. The molecule has 2 unspecified atom stereocenters. The smallest absolute Gasteiger partial charge is 0.0637 e. The lowest BCUT2D eigenvalue weighted by atomic mass is 10.0. The van der Waals surface area contributed by atoms with E-state index >= 15 is 0 Å². The topological polar surface area (TPSA) is 24.5 Å². The van der Waals surface area contributed by atoms with Gasteiger partial charge in [0.25, 0.3) is 0 Å². The molecule has 0 amide bonds. The van der Waals surface area contributed by atoms with Gasteiger partial charge in [0.2, 0.25) is 0 Å². The summed E-state index contributed by atoms with van der Waals surface area (Å²) in [5, 5.41) is 3.52. The number of nitrogens with one attached hydrogen (secondary N) is 1. The summed E-state index contributed by atoms with van der Waals surface area (Å²) in [6, 6.07) is 7.39. The van der Waals surface area contributed by atoms with Crippen molar-refractivity contribution in [2.24, 2.45) is 0 Å². The van der Waals surface area contributed by atoms with Gasteiger partial charge in [0.1, 0.15) is 0 Å². The molecule has 0 radical (unpaired) electrons. The summed E-state index contributed by atoms with van der Waals surface area (Å²) in [4.78, 5) is 2.46. The number of methoxy groups -OCH3 is 1. The third kappa shape index (κ3) is 5.28. The number of ether oxygens (including phenoxy) is 1. The minimum Gasteiger partial charge on any atom is -0.383 e. The molecule has 0 aliphatic heterocycles. The largest absolute Gasteiger partial charge is 0.383 e. The molecule has 1 N–H and O–H groups in total. The lowest BCUT2D eigenvalue weighted by Gasteiger charge is -2.34. The van der Waals surface area contributed by atoms with E-state index in [0.29, 0.717) is 12.1 Å². The Morgan fingerprint density at radius 1 is 1.29 bits per heavy atom. The van der Waals surface area contributed by atoms with Crippen LogP contribution in [-0.4, -0.2) is 32.8 Å². The Morgan fingerprint density at radius 2 is 2.00 bits per heavy atom. The summed E-state index contributed by atoms with van der Waals surface area (Å²) in [5.41, 5.74) is 2.64. The van der Waals surface area contributed by atoms with Crippen molar-refractivity contribution in [2.45, 2.75) is 46.2 Å². The van der Waals surface area contributed by atoms with E-state index in [-0.39, 0.29) is 0 Å². The quantitative estimate of drug-likeness (QED) is 0.710. The zero-order chi connectivity index (χ0) is 15.8. The molecule has 0 aromatic heterocycles. The molecule has 1 aromatic carbocycles. The van der Waals surface area contributed by atoms with E-state index in [4.69, 9.17) is 4.74 Å². The fourth-order valence-corrected chi connectivity index (χ4v) is 2.92. The molecule has 0 aliphatic rings. The Labute approximate surface area is 138 Å². The Kier molecular flexibility index (Phi) is 8.30. The van der Waals surface area contributed by atoms with Crippen molar-refractivity contribution in [1.29, 1.82) is 0 Å². The van der Waals surface area contributed by atoms with Gasteiger partial charge < -0.3 is 15.0 Å². The van der Waals surface area contributed by atoms with E-state index in [0.717, 1.165) is 30.6 Å². The molecule has 4 heteroatoms. The van der Waals surface area contributed by atoms with E-state index in [1.807, 2.05) is 0 Å². The van der Waals surface area contributed by atoms with Crippen LogP contribution in [0.5, 0.6) is 0 Å². The molecular weight excluding hydrogens is 328 g/mol. The van der Waals surface area contributed by atoms with Crippen LogP contribution in [0.25, 0.3) is 0 Å². The summed E-state index contributed by atoms with van der Waals surface area (Å²) < 4.78 is 6.42. The standard InChI is InChI=1S/C17H29BrN2O/c1-6-13(3)20(10-11-21-5)17-9-8-15(18)12-16(17)14(4)19-7-2/h8-9,12-14,19H,6-7,10-11H2,1-5H3. The van der Waals surface area contributed by atoms with Crippen molar-refractivity contribution in [3.8, 4) is 0 Å². The first-order chi connectivity index (χ1) is 10.0. The summed E-state index contributed by atoms with van der Waals surface area (Å²) >= 11 is 3.60. The second-order valence-electron chi connectivity index (χ2n) is 5.43. The SMILES string of the molecule is CCNC(C)c1cc(Br)ccc1N(CCOC)C(C)CC. The van der Waals surface area contributed by atoms with Crippen LogP contribution in [0.1, 0.15) is 45.7 Å². The third-order valence-corrected chi connectivity index (χ3v) is 4.43. The van der Waals surface area contributed by atoms with Gasteiger partial charge in [0.15, 0.2) is 0 Å². The maximum absolute atomic E-state index is 5.29. The average molecular weight is 357 g/mol. The highest BCUT2D eigenvalue weighted by molar-refractivity contribution is 9.10. The van der Waals surface area contributed by atoms with Gasteiger partial charge in [-0.05, 0) is 50.6 Å². The lowest BCUT2D eigenvalue weighted by Crippen LogP contribution is -2.36. The Balaban J connectivity index is 3.16. The number of halogens is 1. The van der Waals surface area contributed by atoms with E-state index in [2.05, 4.69) is 72.0 Å². The van der Waals surface area contributed by atoms with Crippen molar-refractivity contribution in [2.75, 3.05) is 31.7 Å². The predicted molar refractivity (Wildman–Crippen MR) is 95.2 cm³/mol. The van der Waals surface area contributed by atoms with E-state index < -0.39 is 0 Å². The highest BCUT2D eigenvalue weighted by atomic mass is 79.9. The summed E-state index contributed by atoms with van der Waals surface area (Å²) in [5.74, 6) is 0. The van der Waals surface area contributed by atoms with Crippen LogP contribution in [0.15, 0.2) is 22.7 Å². The number of rotatable bonds is 9. The van der Waals surface area contributed by atoms with Gasteiger partial charge in [-0.15, -0.1) is 0 Å². The van der Waals surface area contributed by atoms with E-state index in [1.165, 1.54) is 11.3 Å². The van der Waals surface area contributed by atoms with Gasteiger partial charge in [0, 0.05) is 35.9 Å². The fourth-order valence-electron chi connectivity index (χ4n) is 2.54. The van der Waals surface area contributed by atoms with Gasteiger partial charge in [-0.25, -0.2) is 0 Å². The number of hydrogen-bond donors (Lipinski definition) is 1. The lowest BCUT2D eigenvalue weighted by molar-refractivity contribution is 0.203. The zero-order valence-corrected chi connectivity index (χ0v) is 15.5. The molecule has 2 atom stereocenters. The number of nitrogens with zero attached hydrogens (tertiary/aromatic N) is 1. The van der Waals surface area contributed by atoms with Gasteiger partial charge in [-0.3, -0.25) is 0 Å². The van der Waals surface area contributed by atoms with Crippen LogP contribution in [0.4, 0.5) is 5.69 Å². The first-order valence-electron chi connectivity index (χ1n) is 7.83. The fraction of sp³-hybridized carbons (Fsp3) is 0.647. The highest BCUT2D eigenvalue weighted by Crippen LogP contribution is 2.31. The zero-order valence-electron chi connectivity index (χ0n) is 13.9. The van der Waals surface area contributed by atoms with Crippen molar-refractivity contribution in [1.82, 2.24) is 5.32 Å². The summed E-state index contributed by atoms with van der Waals surface area (Å²) in [7, 11) is 1.76. The van der Waals surface area contributed by atoms with Crippen LogP contribution < -0.4 is 10.2 Å². The Morgan fingerprint density at radius 3 is 2.57 bits per heavy atom. The molecule has 21 heavy (non-hydrogen) atoms. The second-order valence-corrected chi connectivity index (χ2v) is 6.34. The molecule has 1 rings (SSSR count). The van der Waals surface area contributed by atoms with Gasteiger partial charge in [-0.1, -0.05) is 29.8 Å². The molecule has 0 fully saturated rings. The molecule has 0 saturated carbocycles. The summed E-state index contributed by atoms with van der Waals surface area (Å²) in [6.07, 6.45) is 1.12. The minimum absolute atomic E-state index is 0.330. The normalized spacial score (nSPS) is 14.0. The van der Waals surface area contributed by atoms with Crippen molar-refractivity contribution >= 4 is 21.6 Å².